The Morgan fingerprint density at radius 1 is 1.56 bits per heavy atom. The van der Waals surface area contributed by atoms with E-state index in [1.165, 1.54) is 12.0 Å². The summed E-state index contributed by atoms with van der Waals surface area (Å²) in [4.78, 5) is 24.7. The van der Waals surface area contributed by atoms with Crippen LogP contribution in [0.1, 0.15) is 19.8 Å². The standard InChI is InChI=1S/C12H19NO5/c1-4-6-8-10(14)7-9(11(15)18-5-2)13(8)12(16)17-3/h4,8-10,14H,1,5-7H2,2-3H3/t8?,9-,10+/m0/s1. The molecule has 6 heteroatoms. The highest BCUT2D eigenvalue weighted by atomic mass is 16.6. The van der Waals surface area contributed by atoms with E-state index in [1.54, 1.807) is 13.0 Å². The molecule has 0 aliphatic carbocycles. The number of likely N-dealkylation sites (tertiary alicyclic amines) is 1. The molecule has 3 atom stereocenters. The fourth-order valence-corrected chi connectivity index (χ4v) is 2.17. The summed E-state index contributed by atoms with van der Waals surface area (Å²) in [6.07, 6.45) is 0.726. The van der Waals surface area contributed by atoms with E-state index < -0.39 is 30.3 Å². The molecule has 6 nitrogen and oxygen atoms in total. The number of hydrogen-bond donors (Lipinski definition) is 1. The van der Waals surface area contributed by atoms with Gasteiger partial charge in [0, 0.05) is 6.42 Å². The third-order valence-corrected chi connectivity index (χ3v) is 2.95. The lowest BCUT2D eigenvalue weighted by Crippen LogP contribution is -2.46. The Morgan fingerprint density at radius 2 is 2.22 bits per heavy atom. The van der Waals surface area contributed by atoms with Crippen molar-refractivity contribution in [2.45, 2.75) is 38.0 Å². The molecule has 1 aliphatic heterocycles. The quantitative estimate of drug-likeness (QED) is 0.592. The zero-order valence-electron chi connectivity index (χ0n) is 10.7. The smallest absolute Gasteiger partial charge is 0.410 e. The molecule has 0 aromatic heterocycles. The van der Waals surface area contributed by atoms with Crippen LogP contribution in [0.25, 0.3) is 0 Å². The molecule has 1 aliphatic rings. The zero-order chi connectivity index (χ0) is 13.7. The average molecular weight is 257 g/mol. The predicted molar refractivity (Wildman–Crippen MR) is 63.9 cm³/mol. The van der Waals surface area contributed by atoms with Gasteiger partial charge in [-0.1, -0.05) is 6.08 Å². The molecule has 1 fully saturated rings. The minimum atomic E-state index is -0.794. The van der Waals surface area contributed by atoms with Crippen molar-refractivity contribution in [2.75, 3.05) is 13.7 Å². The Labute approximate surface area is 106 Å². The van der Waals surface area contributed by atoms with Crippen LogP contribution in [0, 0.1) is 0 Å². The largest absolute Gasteiger partial charge is 0.464 e. The SMILES string of the molecule is C=CCC1[C@H](O)C[C@@H](C(=O)OCC)N1C(=O)OC. The van der Waals surface area contributed by atoms with Crippen molar-refractivity contribution >= 4 is 12.1 Å². The fourth-order valence-electron chi connectivity index (χ4n) is 2.17. The van der Waals surface area contributed by atoms with Gasteiger partial charge in [-0.15, -0.1) is 6.58 Å². The van der Waals surface area contributed by atoms with Gasteiger partial charge in [0.2, 0.25) is 0 Å². The number of aliphatic hydroxyl groups is 1. The molecule has 0 aromatic rings. The van der Waals surface area contributed by atoms with Crippen molar-refractivity contribution in [2.24, 2.45) is 0 Å². The maximum Gasteiger partial charge on any atom is 0.410 e. The van der Waals surface area contributed by atoms with Crippen molar-refractivity contribution in [3.05, 3.63) is 12.7 Å². The molecule has 0 bridgehead atoms. The lowest BCUT2D eigenvalue weighted by molar-refractivity contribution is -0.148. The number of carbonyl (C=O) groups excluding carboxylic acids is 2. The number of nitrogens with zero attached hydrogens (tertiary/aromatic N) is 1. The molecule has 0 spiro atoms. The fraction of sp³-hybridized carbons (Fsp3) is 0.667. The third kappa shape index (κ3) is 2.81. The van der Waals surface area contributed by atoms with Crippen LogP contribution in [0.5, 0.6) is 0 Å². The highest BCUT2D eigenvalue weighted by Crippen LogP contribution is 2.28. The molecule has 18 heavy (non-hydrogen) atoms. The second-order valence-corrected chi connectivity index (χ2v) is 4.04. The van der Waals surface area contributed by atoms with Crippen LogP contribution in [-0.2, 0) is 14.3 Å². The molecular formula is C12H19NO5. The average Bonchev–Trinajstić information content (AvgIpc) is 2.67. The second-order valence-electron chi connectivity index (χ2n) is 4.04. The number of hydrogen-bond acceptors (Lipinski definition) is 5. The Kier molecular flexibility index (Phi) is 5.15. The van der Waals surface area contributed by atoms with Gasteiger partial charge in [-0.2, -0.15) is 0 Å². The summed E-state index contributed by atoms with van der Waals surface area (Å²) in [5, 5.41) is 9.92. The van der Waals surface area contributed by atoms with Gasteiger partial charge in [-0.3, -0.25) is 4.90 Å². The molecule has 1 unspecified atom stereocenters. The van der Waals surface area contributed by atoms with E-state index in [9.17, 15) is 14.7 Å². The Hall–Kier alpha value is -1.56. The molecule has 1 amide bonds. The molecule has 0 saturated carbocycles. The summed E-state index contributed by atoms with van der Waals surface area (Å²) in [6.45, 7) is 5.49. The monoisotopic (exact) mass is 257 g/mol. The number of carbonyl (C=O) groups is 2. The Morgan fingerprint density at radius 3 is 2.72 bits per heavy atom. The minimum Gasteiger partial charge on any atom is -0.464 e. The van der Waals surface area contributed by atoms with Gasteiger partial charge in [0.05, 0.1) is 25.9 Å². The summed E-state index contributed by atoms with van der Waals surface area (Å²) in [6, 6.07) is -1.29. The number of aliphatic hydroxyl groups excluding tert-OH is 1. The van der Waals surface area contributed by atoms with Crippen LogP contribution < -0.4 is 0 Å². The zero-order valence-corrected chi connectivity index (χ0v) is 10.7. The topological polar surface area (TPSA) is 76.1 Å². The lowest BCUT2D eigenvalue weighted by Gasteiger charge is -2.27. The number of methoxy groups -OCH3 is 1. The first-order valence-electron chi connectivity index (χ1n) is 5.88. The second kappa shape index (κ2) is 6.39. The number of amides is 1. The van der Waals surface area contributed by atoms with Gasteiger partial charge in [-0.25, -0.2) is 9.59 Å². The van der Waals surface area contributed by atoms with Gasteiger partial charge < -0.3 is 14.6 Å². The van der Waals surface area contributed by atoms with Crippen LogP contribution >= 0.6 is 0 Å². The van der Waals surface area contributed by atoms with Crippen LogP contribution in [0.15, 0.2) is 12.7 Å². The molecule has 1 N–H and O–H groups in total. The van der Waals surface area contributed by atoms with Gasteiger partial charge >= 0.3 is 12.1 Å². The minimum absolute atomic E-state index is 0.159. The van der Waals surface area contributed by atoms with Gasteiger partial charge in [0.1, 0.15) is 6.04 Å². The Balaban J connectivity index is 2.92. The summed E-state index contributed by atoms with van der Waals surface area (Å²) < 4.78 is 9.55. The molecule has 1 saturated heterocycles. The molecule has 1 heterocycles. The van der Waals surface area contributed by atoms with Crippen molar-refractivity contribution < 1.29 is 24.2 Å². The van der Waals surface area contributed by atoms with E-state index in [4.69, 9.17) is 4.74 Å². The molecular weight excluding hydrogens is 238 g/mol. The van der Waals surface area contributed by atoms with Crippen molar-refractivity contribution in [3.8, 4) is 0 Å². The van der Waals surface area contributed by atoms with Gasteiger partial charge in [0.25, 0.3) is 0 Å². The van der Waals surface area contributed by atoms with Crippen LogP contribution in [0.3, 0.4) is 0 Å². The normalized spacial score (nSPS) is 26.8. The molecule has 1 rings (SSSR count). The van der Waals surface area contributed by atoms with E-state index in [0.29, 0.717) is 6.42 Å². The summed E-state index contributed by atoms with van der Waals surface area (Å²) in [5.41, 5.74) is 0. The third-order valence-electron chi connectivity index (χ3n) is 2.95. The highest BCUT2D eigenvalue weighted by molar-refractivity contribution is 5.82. The van der Waals surface area contributed by atoms with Crippen LogP contribution in [0.2, 0.25) is 0 Å². The molecule has 102 valence electrons. The summed E-state index contributed by atoms with van der Waals surface area (Å²) >= 11 is 0. The van der Waals surface area contributed by atoms with Crippen molar-refractivity contribution in [1.29, 1.82) is 0 Å². The first-order chi connectivity index (χ1) is 8.56. The van der Waals surface area contributed by atoms with Gasteiger partial charge in [0.15, 0.2) is 0 Å². The number of rotatable bonds is 4. The first-order valence-corrected chi connectivity index (χ1v) is 5.88. The summed E-state index contributed by atoms with van der Waals surface area (Å²) in [7, 11) is 1.24. The van der Waals surface area contributed by atoms with Crippen molar-refractivity contribution in [3.63, 3.8) is 0 Å². The van der Waals surface area contributed by atoms with E-state index in [2.05, 4.69) is 11.3 Å². The summed E-state index contributed by atoms with van der Waals surface area (Å²) in [5.74, 6) is -0.520. The van der Waals surface area contributed by atoms with E-state index in [1.807, 2.05) is 0 Å². The maximum absolute atomic E-state index is 11.8. The Bertz CT molecular complexity index is 330. The number of ether oxygens (including phenoxy) is 2. The van der Waals surface area contributed by atoms with Crippen molar-refractivity contribution in [1.82, 2.24) is 4.90 Å². The number of esters is 1. The predicted octanol–water partition coefficient (Wildman–Crippen LogP) is 0.696. The van der Waals surface area contributed by atoms with Gasteiger partial charge in [-0.05, 0) is 13.3 Å². The van der Waals surface area contributed by atoms with E-state index >= 15 is 0 Å². The van der Waals surface area contributed by atoms with Crippen LogP contribution in [0.4, 0.5) is 4.79 Å². The van der Waals surface area contributed by atoms with Crippen LogP contribution in [-0.4, -0.2) is 54.0 Å². The molecule has 0 aromatic carbocycles. The van der Waals surface area contributed by atoms with E-state index in [0.717, 1.165) is 0 Å². The highest BCUT2D eigenvalue weighted by Gasteiger charge is 2.47. The first kappa shape index (κ1) is 14.5. The maximum atomic E-state index is 11.8. The lowest BCUT2D eigenvalue weighted by atomic mass is 10.1. The molecule has 0 radical (unpaired) electrons. The van der Waals surface area contributed by atoms with E-state index in [-0.39, 0.29) is 13.0 Å².